The van der Waals surface area contributed by atoms with E-state index in [1.54, 1.807) is 26.9 Å². The Balaban J connectivity index is 1.73. The fraction of sp³-hybridized carbons (Fsp3) is 0.606. The molecule has 3 amide bonds. The third kappa shape index (κ3) is 5.73. The summed E-state index contributed by atoms with van der Waals surface area (Å²) in [5.74, 6) is -1.92. The zero-order valence-electron chi connectivity index (χ0n) is 24.8. The van der Waals surface area contributed by atoms with Crippen molar-refractivity contribution in [1.82, 2.24) is 9.80 Å². The number of unbranched alkanes of at least 4 members (excludes halogenated alkanes) is 4. The number of ether oxygens (including phenoxy) is 1. The summed E-state index contributed by atoms with van der Waals surface area (Å²) in [5, 5.41) is 9.29. The first kappa shape index (κ1) is 31.0. The minimum Gasteiger partial charge on any atom is -0.396 e. The molecule has 1 N–H and O–H groups in total. The van der Waals surface area contributed by atoms with Gasteiger partial charge in [0.05, 0.1) is 17.4 Å². The smallest absolute Gasteiger partial charge is 0.248 e. The number of fused-ring (bicyclic) bond motifs is 1. The van der Waals surface area contributed by atoms with Crippen LogP contribution in [0.5, 0.6) is 0 Å². The Labute approximate surface area is 245 Å². The Kier molecular flexibility index (Phi) is 10.1. The summed E-state index contributed by atoms with van der Waals surface area (Å²) in [6.45, 7) is 13.6. The third-order valence-corrected chi connectivity index (χ3v) is 9.17. The predicted molar refractivity (Wildman–Crippen MR) is 160 cm³/mol. The van der Waals surface area contributed by atoms with E-state index in [1.165, 1.54) is 0 Å². The van der Waals surface area contributed by atoms with E-state index in [2.05, 4.69) is 20.1 Å². The highest BCUT2D eigenvalue weighted by atomic mass is 16.5. The number of aliphatic hydroxyl groups is 1. The summed E-state index contributed by atoms with van der Waals surface area (Å²) in [5.41, 5.74) is -1.16. The second-order valence-corrected chi connectivity index (χ2v) is 11.9. The van der Waals surface area contributed by atoms with Crippen LogP contribution in [0, 0.1) is 11.8 Å². The molecule has 1 aromatic carbocycles. The van der Waals surface area contributed by atoms with Crippen LogP contribution in [0.4, 0.5) is 5.69 Å². The largest absolute Gasteiger partial charge is 0.396 e. The van der Waals surface area contributed by atoms with Gasteiger partial charge >= 0.3 is 0 Å². The van der Waals surface area contributed by atoms with Crippen LogP contribution in [-0.4, -0.2) is 82.7 Å². The van der Waals surface area contributed by atoms with E-state index in [0.29, 0.717) is 51.9 Å². The molecule has 224 valence electrons. The van der Waals surface area contributed by atoms with Gasteiger partial charge in [0.2, 0.25) is 17.7 Å². The summed E-state index contributed by atoms with van der Waals surface area (Å²) < 4.78 is 6.84. The van der Waals surface area contributed by atoms with Crippen LogP contribution < -0.4 is 4.90 Å². The van der Waals surface area contributed by atoms with Gasteiger partial charge in [-0.25, -0.2) is 0 Å². The molecule has 0 radical (unpaired) electrons. The minimum atomic E-state index is -1.05. The van der Waals surface area contributed by atoms with Gasteiger partial charge in [-0.3, -0.25) is 14.4 Å². The maximum atomic E-state index is 14.4. The van der Waals surface area contributed by atoms with Gasteiger partial charge in [-0.05, 0) is 57.6 Å². The van der Waals surface area contributed by atoms with E-state index in [-0.39, 0.29) is 24.3 Å². The fourth-order valence-corrected chi connectivity index (χ4v) is 7.29. The average Bonchev–Trinajstić information content (AvgIpc) is 3.54. The first-order valence-electron chi connectivity index (χ1n) is 15.3. The summed E-state index contributed by atoms with van der Waals surface area (Å²) >= 11 is 0. The van der Waals surface area contributed by atoms with Crippen LogP contribution >= 0.6 is 0 Å². The second-order valence-electron chi connectivity index (χ2n) is 11.9. The highest BCUT2D eigenvalue weighted by molar-refractivity contribution is 6.03. The van der Waals surface area contributed by atoms with Crippen LogP contribution in [0.2, 0.25) is 0 Å². The molecule has 8 nitrogen and oxygen atoms in total. The van der Waals surface area contributed by atoms with Crippen molar-refractivity contribution in [2.24, 2.45) is 11.8 Å². The van der Waals surface area contributed by atoms with Crippen molar-refractivity contribution in [1.29, 1.82) is 0 Å². The molecule has 0 aliphatic carbocycles. The van der Waals surface area contributed by atoms with E-state index in [0.717, 1.165) is 31.4 Å². The van der Waals surface area contributed by atoms with E-state index in [1.807, 2.05) is 37.3 Å². The first-order chi connectivity index (χ1) is 19.8. The molecule has 5 atom stereocenters. The van der Waals surface area contributed by atoms with Gasteiger partial charge in [0.15, 0.2) is 0 Å². The number of hydrogen-bond acceptors (Lipinski definition) is 5. The van der Waals surface area contributed by atoms with Crippen LogP contribution in [-0.2, 0) is 19.1 Å². The summed E-state index contributed by atoms with van der Waals surface area (Å²) in [7, 11) is 0. The molecule has 3 heterocycles. The first-order valence-corrected chi connectivity index (χ1v) is 15.3. The molecule has 41 heavy (non-hydrogen) atoms. The van der Waals surface area contributed by atoms with Gasteiger partial charge in [-0.1, -0.05) is 50.1 Å². The van der Waals surface area contributed by atoms with Gasteiger partial charge in [0.25, 0.3) is 0 Å². The van der Waals surface area contributed by atoms with Crippen molar-refractivity contribution < 1.29 is 24.2 Å². The number of carbonyl (C=O) groups is 3. The van der Waals surface area contributed by atoms with Gasteiger partial charge in [0.1, 0.15) is 11.6 Å². The quantitative estimate of drug-likeness (QED) is 0.238. The Hall–Kier alpha value is -2.97. The van der Waals surface area contributed by atoms with Crippen molar-refractivity contribution in [3.63, 3.8) is 0 Å². The number of aliphatic hydroxyl groups excluding tert-OH is 1. The summed E-state index contributed by atoms with van der Waals surface area (Å²) in [6.07, 6.45) is 9.54. The molecule has 8 heteroatoms. The maximum Gasteiger partial charge on any atom is 0.248 e. The van der Waals surface area contributed by atoms with E-state index in [4.69, 9.17) is 4.74 Å². The maximum absolute atomic E-state index is 14.4. The fourth-order valence-electron chi connectivity index (χ4n) is 7.29. The number of carbonyl (C=O) groups excluding carboxylic acids is 3. The number of amides is 3. The lowest BCUT2D eigenvalue weighted by molar-refractivity contribution is -0.151. The SMILES string of the molecule is C=CCN(CCCCC)C(=O)C1N(CCCCCO)C(=O)[C@@H]2[C@@H](C(=O)N(CC=C)c3ccccc3)[C@@]3(C)CCC12O3. The highest BCUT2D eigenvalue weighted by Gasteiger charge is 2.78. The molecular weight excluding hydrogens is 518 g/mol. The number of rotatable bonds is 16. The molecular formula is C33H47N3O5. The summed E-state index contributed by atoms with van der Waals surface area (Å²) in [4.78, 5) is 48.4. The van der Waals surface area contributed by atoms with Crippen molar-refractivity contribution in [2.75, 3.05) is 37.7 Å². The molecule has 3 saturated heterocycles. The number of anilines is 1. The molecule has 4 rings (SSSR count). The molecule has 1 aromatic rings. The molecule has 2 bridgehead atoms. The van der Waals surface area contributed by atoms with Crippen LogP contribution in [0.25, 0.3) is 0 Å². The molecule has 3 aliphatic heterocycles. The van der Waals surface area contributed by atoms with E-state index >= 15 is 0 Å². The summed E-state index contributed by atoms with van der Waals surface area (Å²) in [6, 6.07) is 8.64. The highest BCUT2D eigenvalue weighted by Crippen LogP contribution is 2.63. The normalized spacial score (nSPS) is 28.0. The van der Waals surface area contributed by atoms with Gasteiger partial charge < -0.3 is 24.5 Å². The molecule has 3 fully saturated rings. The van der Waals surface area contributed by atoms with Crippen LogP contribution in [0.3, 0.4) is 0 Å². The third-order valence-electron chi connectivity index (χ3n) is 9.17. The number of benzene rings is 1. The zero-order valence-corrected chi connectivity index (χ0v) is 24.8. The molecule has 1 spiro atoms. The Morgan fingerprint density at radius 2 is 1.78 bits per heavy atom. The number of para-hydroxylation sites is 1. The van der Waals surface area contributed by atoms with E-state index in [9.17, 15) is 19.5 Å². The Morgan fingerprint density at radius 3 is 2.44 bits per heavy atom. The Bertz CT molecular complexity index is 1110. The average molecular weight is 566 g/mol. The Morgan fingerprint density at radius 1 is 1.05 bits per heavy atom. The van der Waals surface area contributed by atoms with Crippen LogP contribution in [0.15, 0.2) is 55.6 Å². The zero-order chi connectivity index (χ0) is 29.6. The molecule has 0 saturated carbocycles. The lowest BCUT2D eigenvalue weighted by Crippen LogP contribution is -2.56. The molecule has 2 unspecified atom stereocenters. The van der Waals surface area contributed by atoms with Gasteiger partial charge in [-0.2, -0.15) is 0 Å². The minimum absolute atomic E-state index is 0.0874. The van der Waals surface area contributed by atoms with Crippen molar-refractivity contribution >= 4 is 23.4 Å². The standard InChI is InChI=1S/C33H47N3O5/c1-5-8-13-22-34(20-6-2)31(40)28-33-19-18-32(4,41-33)26(27(33)30(39)36(28)23-14-10-15-24-37)29(38)35(21-7-3)25-16-11-9-12-17-25/h6-7,9,11-12,16-17,26-28,37H,2-3,5,8,10,13-15,18-24H2,1,4H3/t26-,27-,28?,32+,33?/m0/s1. The number of nitrogens with zero attached hydrogens (tertiary/aromatic N) is 3. The molecule has 3 aliphatic rings. The lowest BCUT2D eigenvalue weighted by atomic mass is 9.66. The van der Waals surface area contributed by atoms with E-state index < -0.39 is 29.1 Å². The van der Waals surface area contributed by atoms with Gasteiger partial charge in [-0.15, -0.1) is 13.2 Å². The topological polar surface area (TPSA) is 90.4 Å². The monoisotopic (exact) mass is 565 g/mol. The van der Waals surface area contributed by atoms with Crippen molar-refractivity contribution in [2.45, 2.75) is 82.5 Å². The second kappa shape index (κ2) is 13.3. The predicted octanol–water partition coefficient (Wildman–Crippen LogP) is 4.34. The lowest BCUT2D eigenvalue weighted by Gasteiger charge is -2.37. The number of likely N-dealkylation sites (tertiary alicyclic amines) is 1. The van der Waals surface area contributed by atoms with Crippen molar-refractivity contribution in [3.05, 3.63) is 55.6 Å². The number of hydrogen-bond donors (Lipinski definition) is 1. The van der Waals surface area contributed by atoms with Crippen LogP contribution in [0.1, 0.15) is 65.2 Å². The van der Waals surface area contributed by atoms with Gasteiger partial charge in [0, 0.05) is 38.5 Å². The molecule has 0 aromatic heterocycles. The van der Waals surface area contributed by atoms with Crippen molar-refractivity contribution in [3.8, 4) is 0 Å².